The minimum atomic E-state index is -4.50. The van der Waals surface area contributed by atoms with Crippen LogP contribution in [-0.4, -0.2) is 44.0 Å². The summed E-state index contributed by atoms with van der Waals surface area (Å²) in [6.07, 6.45) is -1.09. The second-order valence-corrected chi connectivity index (χ2v) is 7.96. The molecule has 1 saturated carbocycles. The Morgan fingerprint density at radius 3 is 2.57 bits per heavy atom. The van der Waals surface area contributed by atoms with E-state index in [0.29, 0.717) is 16.8 Å². The molecule has 0 saturated heterocycles. The van der Waals surface area contributed by atoms with Crippen LogP contribution in [-0.2, 0) is 11.3 Å². The number of para-hydroxylation sites is 1. The number of carbonyl (C=O) groups is 1. The van der Waals surface area contributed by atoms with E-state index in [4.69, 9.17) is 4.42 Å². The van der Waals surface area contributed by atoms with E-state index >= 15 is 0 Å². The van der Waals surface area contributed by atoms with Gasteiger partial charge in [0, 0.05) is 11.6 Å². The maximum absolute atomic E-state index is 13.0. The number of furan rings is 1. The first-order valence-electron chi connectivity index (χ1n) is 9.41. The zero-order valence-corrected chi connectivity index (χ0v) is 16.7. The lowest BCUT2D eigenvalue weighted by molar-refractivity contribution is -0.161. The summed E-state index contributed by atoms with van der Waals surface area (Å²) in [5, 5.41) is 8.96. The smallest absolute Gasteiger partial charge is 0.406 e. The number of hydrogen-bond donors (Lipinski definition) is 0. The summed E-state index contributed by atoms with van der Waals surface area (Å²) in [6, 6.07) is 12.6. The molecule has 0 aliphatic heterocycles. The maximum Gasteiger partial charge on any atom is 0.406 e. The predicted octanol–water partition coefficient (Wildman–Crippen LogP) is 4.42. The third kappa shape index (κ3) is 5.05. The summed E-state index contributed by atoms with van der Waals surface area (Å²) in [5.41, 5.74) is 0.863. The van der Waals surface area contributed by atoms with E-state index in [1.807, 2.05) is 34.9 Å². The maximum atomic E-state index is 13.0. The van der Waals surface area contributed by atoms with Gasteiger partial charge in [-0.05, 0) is 37.1 Å². The van der Waals surface area contributed by atoms with Crippen molar-refractivity contribution in [2.45, 2.75) is 36.6 Å². The fourth-order valence-electron chi connectivity index (χ4n) is 3.06. The standard InChI is InChI=1S/C20H19F3N4O2S/c21-20(22,23)13-26(11-16-7-4-10-29-16)17(28)12-30-19-25-24-18(14-8-9-14)27(19)15-5-2-1-3-6-15/h1-7,10,14H,8-9,11-13H2. The van der Waals surface area contributed by atoms with E-state index in [-0.39, 0.29) is 12.3 Å². The second-order valence-electron chi connectivity index (χ2n) is 7.02. The Bertz CT molecular complexity index is 985. The molecule has 1 fully saturated rings. The first kappa shape index (κ1) is 20.5. The molecule has 30 heavy (non-hydrogen) atoms. The van der Waals surface area contributed by atoms with E-state index < -0.39 is 18.6 Å². The van der Waals surface area contributed by atoms with Crippen molar-refractivity contribution in [3.05, 3.63) is 60.3 Å². The number of halogens is 3. The number of amides is 1. The van der Waals surface area contributed by atoms with Crippen molar-refractivity contribution >= 4 is 17.7 Å². The van der Waals surface area contributed by atoms with Gasteiger partial charge in [-0.1, -0.05) is 30.0 Å². The van der Waals surface area contributed by atoms with Gasteiger partial charge < -0.3 is 9.32 Å². The van der Waals surface area contributed by atoms with Crippen LogP contribution < -0.4 is 0 Å². The number of carbonyl (C=O) groups excluding carboxylic acids is 1. The molecule has 2 heterocycles. The number of hydrogen-bond acceptors (Lipinski definition) is 5. The average molecular weight is 436 g/mol. The van der Waals surface area contributed by atoms with Gasteiger partial charge in [0.1, 0.15) is 18.1 Å². The molecule has 3 aromatic rings. The number of alkyl halides is 3. The highest BCUT2D eigenvalue weighted by atomic mass is 32.2. The van der Waals surface area contributed by atoms with Crippen molar-refractivity contribution in [2.24, 2.45) is 0 Å². The molecule has 1 aromatic carbocycles. The largest absolute Gasteiger partial charge is 0.467 e. The molecule has 0 unspecified atom stereocenters. The van der Waals surface area contributed by atoms with Gasteiger partial charge in [-0.25, -0.2) is 0 Å². The minimum Gasteiger partial charge on any atom is -0.467 e. The van der Waals surface area contributed by atoms with Crippen molar-refractivity contribution in [2.75, 3.05) is 12.3 Å². The van der Waals surface area contributed by atoms with Crippen LogP contribution in [0.2, 0.25) is 0 Å². The highest BCUT2D eigenvalue weighted by Crippen LogP contribution is 2.41. The van der Waals surface area contributed by atoms with Crippen molar-refractivity contribution in [1.82, 2.24) is 19.7 Å². The summed E-state index contributed by atoms with van der Waals surface area (Å²) in [6.45, 7) is -1.59. The van der Waals surface area contributed by atoms with E-state index in [9.17, 15) is 18.0 Å². The highest BCUT2D eigenvalue weighted by molar-refractivity contribution is 7.99. The summed E-state index contributed by atoms with van der Waals surface area (Å²) >= 11 is 1.08. The molecule has 158 valence electrons. The van der Waals surface area contributed by atoms with Crippen LogP contribution in [0.25, 0.3) is 5.69 Å². The van der Waals surface area contributed by atoms with Gasteiger partial charge in [0.2, 0.25) is 5.91 Å². The number of thioether (sulfide) groups is 1. The lowest BCUT2D eigenvalue weighted by atomic mass is 10.3. The first-order chi connectivity index (χ1) is 14.4. The van der Waals surface area contributed by atoms with Gasteiger partial charge in [0.25, 0.3) is 0 Å². The molecule has 0 radical (unpaired) electrons. The molecular weight excluding hydrogens is 417 g/mol. The van der Waals surface area contributed by atoms with Crippen LogP contribution in [0.4, 0.5) is 13.2 Å². The lowest BCUT2D eigenvalue weighted by Crippen LogP contribution is -2.39. The third-order valence-corrected chi connectivity index (χ3v) is 5.50. The molecule has 1 aliphatic carbocycles. The Labute approximate surface area is 175 Å². The van der Waals surface area contributed by atoms with E-state index in [1.165, 1.54) is 12.3 Å². The number of benzene rings is 1. The predicted molar refractivity (Wildman–Crippen MR) is 104 cm³/mol. The van der Waals surface area contributed by atoms with E-state index in [1.54, 1.807) is 6.07 Å². The van der Waals surface area contributed by atoms with Crippen molar-refractivity contribution in [3.8, 4) is 5.69 Å². The SMILES string of the molecule is O=C(CSc1nnc(C2CC2)n1-c1ccccc1)N(Cc1ccco1)CC(F)(F)F. The topological polar surface area (TPSA) is 64.2 Å². The summed E-state index contributed by atoms with van der Waals surface area (Å²) in [7, 11) is 0. The van der Waals surface area contributed by atoms with Gasteiger partial charge in [-0.3, -0.25) is 9.36 Å². The zero-order valence-electron chi connectivity index (χ0n) is 15.9. The van der Waals surface area contributed by atoms with Gasteiger partial charge in [0.05, 0.1) is 18.6 Å². The molecule has 6 nitrogen and oxygen atoms in total. The molecule has 1 aliphatic rings. The number of rotatable bonds is 8. The molecule has 10 heteroatoms. The Kier molecular flexibility index (Phi) is 5.85. The molecule has 2 aromatic heterocycles. The highest BCUT2D eigenvalue weighted by Gasteiger charge is 2.34. The van der Waals surface area contributed by atoms with E-state index in [0.717, 1.165) is 41.0 Å². The van der Waals surface area contributed by atoms with Crippen LogP contribution in [0.5, 0.6) is 0 Å². The Balaban J connectivity index is 1.51. The number of aromatic nitrogens is 3. The number of nitrogens with zero attached hydrogens (tertiary/aromatic N) is 4. The van der Waals surface area contributed by atoms with Crippen LogP contribution in [0.15, 0.2) is 58.3 Å². The molecule has 0 N–H and O–H groups in total. The van der Waals surface area contributed by atoms with Gasteiger partial charge >= 0.3 is 6.18 Å². The Morgan fingerprint density at radius 1 is 1.17 bits per heavy atom. The van der Waals surface area contributed by atoms with Gasteiger partial charge in [0.15, 0.2) is 5.16 Å². The van der Waals surface area contributed by atoms with Crippen molar-refractivity contribution in [3.63, 3.8) is 0 Å². The quantitative estimate of drug-likeness (QED) is 0.489. The van der Waals surface area contributed by atoms with Gasteiger partial charge in [-0.2, -0.15) is 13.2 Å². The van der Waals surface area contributed by atoms with Crippen LogP contribution in [0.3, 0.4) is 0 Å². The summed E-state index contributed by atoms with van der Waals surface area (Å²) < 4.78 is 45.9. The molecule has 1 amide bonds. The Hall–Kier alpha value is -2.75. The molecular formula is C20H19F3N4O2S. The molecule has 4 rings (SSSR count). The van der Waals surface area contributed by atoms with Crippen molar-refractivity contribution in [1.29, 1.82) is 0 Å². The molecule has 0 spiro atoms. The zero-order chi connectivity index (χ0) is 21.1. The van der Waals surface area contributed by atoms with Crippen LogP contribution in [0.1, 0.15) is 30.3 Å². The second kappa shape index (κ2) is 8.55. The van der Waals surface area contributed by atoms with Gasteiger partial charge in [-0.15, -0.1) is 10.2 Å². The average Bonchev–Trinajstić information content (AvgIpc) is 3.26. The lowest BCUT2D eigenvalue weighted by Gasteiger charge is -2.23. The minimum absolute atomic E-state index is 0.188. The third-order valence-electron chi connectivity index (χ3n) is 4.59. The normalized spacial score (nSPS) is 14.1. The summed E-state index contributed by atoms with van der Waals surface area (Å²) in [5.74, 6) is 0.597. The summed E-state index contributed by atoms with van der Waals surface area (Å²) in [4.78, 5) is 13.4. The van der Waals surface area contributed by atoms with Crippen LogP contribution in [0, 0.1) is 0 Å². The molecule has 0 atom stereocenters. The Morgan fingerprint density at radius 2 is 1.93 bits per heavy atom. The van der Waals surface area contributed by atoms with Crippen LogP contribution >= 0.6 is 11.8 Å². The van der Waals surface area contributed by atoms with Crippen molar-refractivity contribution < 1.29 is 22.4 Å². The monoisotopic (exact) mass is 436 g/mol. The first-order valence-corrected chi connectivity index (χ1v) is 10.4. The molecule has 0 bridgehead atoms. The van der Waals surface area contributed by atoms with E-state index in [2.05, 4.69) is 10.2 Å². The fourth-order valence-corrected chi connectivity index (χ4v) is 3.92. The fraction of sp³-hybridized carbons (Fsp3) is 0.350.